The molecule has 0 spiro atoms. The zero-order chi connectivity index (χ0) is 32.4. The fourth-order valence-corrected chi connectivity index (χ4v) is 4.55. The molecule has 2 radical (unpaired) electrons. The summed E-state index contributed by atoms with van der Waals surface area (Å²) in [4.78, 5) is 136. The van der Waals surface area contributed by atoms with E-state index in [4.69, 9.17) is 22.5 Å². The normalized spacial score (nSPS) is 17.0. The molecule has 3 fully saturated rings. The number of amides is 7. The lowest BCUT2D eigenvalue weighted by Crippen LogP contribution is -2.50. The highest BCUT2D eigenvalue weighted by Gasteiger charge is 2.39. The Labute approximate surface area is 251 Å². The standard InChI is InChI=1S/C25H30BN5O13/c26-27-14-10-15(32)28-25(11-7-22(39)42-29-16(33)1-2-17(29)34,12-8-23(40)43-30-18(35)3-4-19(30)36)13-9-24(41)44-31-20(37)5-6-21(31)38/h27H,1-14H2,(H,28,32). The lowest BCUT2D eigenvalue weighted by molar-refractivity contribution is -0.198. The van der Waals surface area contributed by atoms with Crippen LogP contribution in [0, 0.1) is 0 Å². The van der Waals surface area contributed by atoms with Gasteiger partial charge in [0, 0.05) is 50.5 Å². The fraction of sp³-hybridized carbons (Fsp3) is 0.600. The first-order valence-electron chi connectivity index (χ1n) is 13.8. The average Bonchev–Trinajstić information content (AvgIpc) is 3.60. The zero-order valence-corrected chi connectivity index (χ0v) is 23.6. The number of hydrogen-bond acceptors (Lipinski definition) is 14. The smallest absolute Gasteiger partial charge is 0.333 e. The van der Waals surface area contributed by atoms with Gasteiger partial charge in [0.2, 0.25) is 5.91 Å². The van der Waals surface area contributed by atoms with Crippen LogP contribution in [0.1, 0.15) is 83.5 Å². The molecule has 44 heavy (non-hydrogen) atoms. The number of carbonyl (C=O) groups excluding carboxylic acids is 10. The van der Waals surface area contributed by atoms with Crippen LogP contribution in [0.2, 0.25) is 0 Å². The summed E-state index contributed by atoms with van der Waals surface area (Å²) in [7, 11) is 5.24. The van der Waals surface area contributed by atoms with E-state index in [0.717, 1.165) is 0 Å². The van der Waals surface area contributed by atoms with Gasteiger partial charge in [0.05, 0.1) is 19.3 Å². The van der Waals surface area contributed by atoms with Gasteiger partial charge in [0.15, 0.2) is 7.98 Å². The van der Waals surface area contributed by atoms with Gasteiger partial charge in [0.1, 0.15) is 0 Å². The average molecular weight is 619 g/mol. The first-order valence-corrected chi connectivity index (χ1v) is 13.8. The Morgan fingerprint density at radius 2 is 0.864 bits per heavy atom. The molecule has 236 valence electrons. The second-order valence-corrected chi connectivity index (χ2v) is 10.2. The Bertz CT molecular complexity index is 1080. The van der Waals surface area contributed by atoms with E-state index in [1.54, 1.807) is 0 Å². The van der Waals surface area contributed by atoms with Crippen molar-refractivity contribution in [2.45, 2.75) is 89.0 Å². The Kier molecular flexibility index (Phi) is 11.7. The summed E-state index contributed by atoms with van der Waals surface area (Å²) >= 11 is 0. The van der Waals surface area contributed by atoms with E-state index in [2.05, 4.69) is 10.5 Å². The topological polar surface area (TPSA) is 232 Å². The fourth-order valence-electron chi connectivity index (χ4n) is 4.55. The molecule has 0 aromatic rings. The highest BCUT2D eigenvalue weighted by atomic mass is 16.7. The summed E-state index contributed by atoms with van der Waals surface area (Å²) in [5.41, 5.74) is -1.57. The monoisotopic (exact) mass is 619 g/mol. The Hall–Kier alpha value is -4.68. The van der Waals surface area contributed by atoms with Crippen molar-refractivity contribution < 1.29 is 62.5 Å². The molecule has 2 N–H and O–H groups in total. The molecule has 0 bridgehead atoms. The van der Waals surface area contributed by atoms with E-state index < -0.39 is 84.1 Å². The van der Waals surface area contributed by atoms with Crippen LogP contribution in [0.5, 0.6) is 0 Å². The minimum absolute atomic E-state index is 0.0194. The maximum Gasteiger partial charge on any atom is 0.333 e. The van der Waals surface area contributed by atoms with Gasteiger partial charge < -0.3 is 25.1 Å². The van der Waals surface area contributed by atoms with Crippen LogP contribution in [-0.4, -0.2) is 94.5 Å². The van der Waals surface area contributed by atoms with E-state index in [9.17, 15) is 47.9 Å². The number of hydrogen-bond donors (Lipinski definition) is 2. The van der Waals surface area contributed by atoms with Crippen molar-refractivity contribution in [3.05, 3.63) is 0 Å². The summed E-state index contributed by atoms with van der Waals surface area (Å²) in [6, 6.07) is 0. The van der Waals surface area contributed by atoms with Crippen molar-refractivity contribution >= 4 is 67.2 Å². The van der Waals surface area contributed by atoms with E-state index in [0.29, 0.717) is 15.2 Å². The van der Waals surface area contributed by atoms with Gasteiger partial charge in [-0.3, -0.25) is 33.6 Å². The largest absolute Gasteiger partial charge is 0.366 e. The van der Waals surface area contributed by atoms with Gasteiger partial charge in [-0.1, -0.05) is 0 Å². The Morgan fingerprint density at radius 1 is 0.568 bits per heavy atom. The van der Waals surface area contributed by atoms with Crippen molar-refractivity contribution in [2.24, 2.45) is 0 Å². The summed E-state index contributed by atoms with van der Waals surface area (Å²) in [5, 5.41) is 5.95. The predicted octanol–water partition coefficient (Wildman–Crippen LogP) is -1.93. The Morgan fingerprint density at radius 3 is 1.14 bits per heavy atom. The van der Waals surface area contributed by atoms with Crippen LogP contribution in [0.15, 0.2) is 0 Å². The van der Waals surface area contributed by atoms with Gasteiger partial charge >= 0.3 is 17.9 Å². The molecule has 3 heterocycles. The summed E-state index contributed by atoms with van der Waals surface area (Å²) < 4.78 is 0. The molecule has 3 rings (SSSR count). The molecule has 19 heteroatoms. The van der Waals surface area contributed by atoms with Crippen LogP contribution in [0.3, 0.4) is 0 Å². The second-order valence-electron chi connectivity index (χ2n) is 10.2. The molecular weight excluding hydrogens is 589 g/mol. The predicted molar refractivity (Wildman–Crippen MR) is 138 cm³/mol. The van der Waals surface area contributed by atoms with E-state index >= 15 is 0 Å². The summed E-state index contributed by atoms with van der Waals surface area (Å²) in [5.74, 6) is -8.08. The van der Waals surface area contributed by atoms with Crippen LogP contribution in [0.25, 0.3) is 0 Å². The molecule has 18 nitrogen and oxygen atoms in total. The first kappa shape index (κ1) is 33.8. The Balaban J connectivity index is 1.77. The molecular formula is C25H30BN5O13. The minimum atomic E-state index is -1.57. The van der Waals surface area contributed by atoms with Gasteiger partial charge in [0.25, 0.3) is 35.4 Å². The quantitative estimate of drug-likeness (QED) is 0.142. The molecule has 0 saturated carbocycles. The highest BCUT2D eigenvalue weighted by Crippen LogP contribution is 2.28. The van der Waals surface area contributed by atoms with Crippen molar-refractivity contribution in [1.82, 2.24) is 25.7 Å². The van der Waals surface area contributed by atoms with E-state index in [1.807, 2.05) is 0 Å². The maximum absolute atomic E-state index is 12.8. The SMILES string of the molecule is [B]NCCC(=O)NC(CCC(=O)ON1C(=O)CCC1=O)(CCC(=O)ON1C(=O)CCC1=O)CCC(=O)ON1C(=O)CCC1=O. The van der Waals surface area contributed by atoms with Crippen molar-refractivity contribution in [3.63, 3.8) is 0 Å². The van der Waals surface area contributed by atoms with Crippen LogP contribution < -0.4 is 10.5 Å². The number of rotatable bonds is 16. The third kappa shape index (κ3) is 9.16. The van der Waals surface area contributed by atoms with Crippen molar-refractivity contribution in [3.8, 4) is 0 Å². The van der Waals surface area contributed by atoms with Gasteiger partial charge in [-0.05, 0) is 25.8 Å². The molecule has 0 aliphatic carbocycles. The zero-order valence-electron chi connectivity index (χ0n) is 23.6. The molecule has 0 aromatic heterocycles. The molecule has 3 aliphatic heterocycles. The van der Waals surface area contributed by atoms with Crippen LogP contribution >= 0.6 is 0 Å². The summed E-state index contributed by atoms with van der Waals surface area (Å²) in [6.07, 6.45) is -3.55. The lowest BCUT2D eigenvalue weighted by Gasteiger charge is -2.35. The number of carbonyl (C=O) groups is 10. The first-order chi connectivity index (χ1) is 20.8. The van der Waals surface area contributed by atoms with E-state index in [1.165, 1.54) is 0 Å². The third-order valence-electron chi connectivity index (χ3n) is 6.92. The molecule has 0 atom stereocenters. The number of imide groups is 3. The van der Waals surface area contributed by atoms with Crippen molar-refractivity contribution in [1.29, 1.82) is 0 Å². The molecule has 7 amide bonds. The van der Waals surface area contributed by atoms with Crippen LogP contribution in [0.4, 0.5) is 0 Å². The number of nitrogens with zero attached hydrogens (tertiary/aromatic N) is 3. The summed E-state index contributed by atoms with van der Waals surface area (Å²) in [6.45, 7) is 0.0194. The maximum atomic E-state index is 12.8. The van der Waals surface area contributed by atoms with E-state index in [-0.39, 0.29) is 70.8 Å². The van der Waals surface area contributed by atoms with Crippen molar-refractivity contribution in [2.75, 3.05) is 6.54 Å². The van der Waals surface area contributed by atoms with Gasteiger partial charge in [-0.15, -0.1) is 15.2 Å². The molecule has 3 aliphatic rings. The molecule has 3 saturated heterocycles. The molecule has 0 aromatic carbocycles. The number of nitrogens with one attached hydrogen (secondary N) is 2. The van der Waals surface area contributed by atoms with Crippen LogP contribution in [-0.2, 0) is 62.5 Å². The third-order valence-corrected chi connectivity index (χ3v) is 6.92. The number of hydroxylamine groups is 6. The van der Waals surface area contributed by atoms with Gasteiger partial charge in [-0.25, -0.2) is 14.4 Å². The highest BCUT2D eigenvalue weighted by molar-refractivity contribution is 6.04. The lowest BCUT2D eigenvalue weighted by atomic mass is 9.83. The second kappa shape index (κ2) is 15.2. The minimum Gasteiger partial charge on any atom is -0.366 e. The molecule has 0 unspecified atom stereocenters. The van der Waals surface area contributed by atoms with Gasteiger partial charge in [-0.2, -0.15) is 0 Å².